The summed E-state index contributed by atoms with van der Waals surface area (Å²) in [5.74, 6) is 0.808. The maximum atomic E-state index is 10.2. The van der Waals surface area contributed by atoms with Crippen molar-refractivity contribution in [2.75, 3.05) is 44.2 Å². The molecule has 0 spiro atoms. The van der Waals surface area contributed by atoms with E-state index in [0.717, 1.165) is 31.9 Å². The van der Waals surface area contributed by atoms with Crippen molar-refractivity contribution in [1.29, 1.82) is 4.78 Å². The summed E-state index contributed by atoms with van der Waals surface area (Å²) >= 11 is 0. The van der Waals surface area contributed by atoms with Crippen LogP contribution in [0.25, 0.3) is 0 Å². The second-order valence-electron chi connectivity index (χ2n) is 6.51. The van der Waals surface area contributed by atoms with E-state index in [-0.39, 0.29) is 0 Å². The number of β-amino-alcohol motifs (C(OH)–C–C–N with tert-alkyl or cyclic N) is 1. The zero-order chi connectivity index (χ0) is 20.4. The minimum atomic E-state index is -2.61. The normalized spacial score (nSPS) is 15.3. The van der Waals surface area contributed by atoms with Gasteiger partial charge in [0.15, 0.2) is 0 Å². The van der Waals surface area contributed by atoms with Gasteiger partial charge in [0.05, 0.1) is 0 Å². The summed E-state index contributed by atoms with van der Waals surface area (Å²) in [4.78, 5) is 8.71. The number of pyridine rings is 1. The molecule has 1 unspecified atom stereocenters. The van der Waals surface area contributed by atoms with E-state index >= 15 is 0 Å². The van der Waals surface area contributed by atoms with Gasteiger partial charge in [-0.3, -0.25) is 9.88 Å². The summed E-state index contributed by atoms with van der Waals surface area (Å²) in [5.41, 5.74) is 2.42. The lowest BCUT2D eigenvalue weighted by Gasteiger charge is -2.36. The van der Waals surface area contributed by atoms with Gasteiger partial charge in [0.2, 0.25) is 0 Å². The predicted octanol–water partition coefficient (Wildman–Crippen LogP) is 1.58. The van der Waals surface area contributed by atoms with Crippen molar-refractivity contribution < 1.29 is 18.3 Å². The van der Waals surface area contributed by atoms with E-state index in [2.05, 4.69) is 14.8 Å². The van der Waals surface area contributed by atoms with Crippen LogP contribution in [0.5, 0.6) is 5.75 Å². The molecule has 0 aliphatic carbocycles. The monoisotopic (exact) mass is 406 g/mol. The van der Waals surface area contributed by atoms with Crippen molar-refractivity contribution in [1.82, 2.24) is 9.88 Å². The minimum Gasteiger partial charge on any atom is -0.491 e. The smallest absolute Gasteiger partial charge is 0.308 e. The number of piperazine rings is 1. The Kier molecular flexibility index (Phi) is 8.86. The molecule has 1 aliphatic heterocycles. The third-order valence-corrected chi connectivity index (χ3v) is 4.33. The zero-order valence-corrected chi connectivity index (χ0v) is 16.7. The van der Waals surface area contributed by atoms with Crippen molar-refractivity contribution >= 4 is 16.2 Å². The Bertz CT molecular complexity index is 801. The number of ether oxygens (including phenoxy) is 1. The van der Waals surface area contributed by atoms with Gasteiger partial charge in [0, 0.05) is 50.8 Å². The fourth-order valence-corrected chi connectivity index (χ4v) is 2.92. The molecule has 0 radical (unpaired) electrons. The molecule has 2 heterocycles. The molecule has 152 valence electrons. The van der Waals surface area contributed by atoms with E-state index in [4.69, 9.17) is 17.9 Å². The van der Waals surface area contributed by atoms with E-state index in [1.807, 2.05) is 55.7 Å². The average molecular weight is 407 g/mol. The highest BCUT2D eigenvalue weighted by molar-refractivity contribution is 7.60. The number of anilines is 1. The van der Waals surface area contributed by atoms with Crippen LogP contribution in [0.2, 0.25) is 0 Å². The largest absolute Gasteiger partial charge is 0.491 e. The number of nitrogens with one attached hydrogen (secondary N) is 1. The molecule has 0 bridgehead atoms. The highest BCUT2D eigenvalue weighted by Gasteiger charge is 2.19. The fraction of sp³-hybridized carbons (Fsp3) is 0.421. The molecule has 1 aromatic carbocycles. The Hall–Kier alpha value is -2.49. The second kappa shape index (κ2) is 11.4. The molecule has 3 rings (SSSR count). The third-order valence-electron chi connectivity index (χ3n) is 4.33. The number of benzene rings is 1. The first-order valence-electron chi connectivity index (χ1n) is 8.99. The van der Waals surface area contributed by atoms with Gasteiger partial charge in [-0.25, -0.2) is 0 Å². The molecule has 1 atom stereocenters. The maximum absolute atomic E-state index is 10.2. The number of aryl methyl sites for hydroxylation is 1. The second-order valence-corrected chi connectivity index (χ2v) is 6.98. The van der Waals surface area contributed by atoms with E-state index in [0.29, 0.717) is 13.2 Å². The van der Waals surface area contributed by atoms with Gasteiger partial charge in [0.1, 0.15) is 18.5 Å². The van der Waals surface area contributed by atoms with Crippen LogP contribution in [0.15, 0.2) is 48.8 Å². The van der Waals surface area contributed by atoms with E-state index in [9.17, 15) is 5.11 Å². The van der Waals surface area contributed by atoms with Gasteiger partial charge in [-0.2, -0.15) is 13.2 Å². The van der Waals surface area contributed by atoms with Crippen LogP contribution in [0.1, 0.15) is 5.56 Å². The summed E-state index contributed by atoms with van der Waals surface area (Å²) in [6, 6.07) is 12.0. The van der Waals surface area contributed by atoms with Crippen molar-refractivity contribution in [3.8, 4) is 5.75 Å². The molecular weight excluding hydrogens is 380 g/mol. The number of hydrogen-bond donors (Lipinski definition) is 2. The lowest BCUT2D eigenvalue weighted by molar-refractivity contribution is 0.0663. The van der Waals surface area contributed by atoms with E-state index in [1.165, 1.54) is 11.3 Å². The lowest BCUT2D eigenvalue weighted by Crippen LogP contribution is -2.49. The molecule has 8 nitrogen and oxygen atoms in total. The summed E-state index contributed by atoms with van der Waals surface area (Å²) in [7, 11) is -2.61. The Balaban J connectivity index is 0.000000640. The van der Waals surface area contributed by atoms with Gasteiger partial charge in [-0.05, 0) is 31.2 Å². The molecule has 9 heteroatoms. The SMILES string of the molecule is Cc1ccc(OCC(O)CN2CCN(c3ccncc3)CC2)cc1.N=S(=O)=O. The summed E-state index contributed by atoms with van der Waals surface area (Å²) < 4.78 is 28.5. The van der Waals surface area contributed by atoms with E-state index in [1.54, 1.807) is 0 Å². The van der Waals surface area contributed by atoms with Gasteiger partial charge >= 0.3 is 10.5 Å². The molecule has 2 aromatic rings. The zero-order valence-electron chi connectivity index (χ0n) is 15.9. The Labute approximate surface area is 166 Å². The third kappa shape index (κ3) is 8.03. The number of aliphatic hydroxyl groups excluding tert-OH is 1. The van der Waals surface area contributed by atoms with E-state index < -0.39 is 16.6 Å². The van der Waals surface area contributed by atoms with Gasteiger partial charge < -0.3 is 14.7 Å². The summed E-state index contributed by atoms with van der Waals surface area (Å²) in [6.45, 7) is 6.85. The fourth-order valence-electron chi connectivity index (χ4n) is 2.92. The molecule has 0 amide bonds. The predicted molar refractivity (Wildman–Crippen MR) is 107 cm³/mol. The molecule has 1 saturated heterocycles. The Morgan fingerprint density at radius 3 is 2.25 bits per heavy atom. The number of nitrogens with zero attached hydrogens (tertiary/aromatic N) is 3. The minimum absolute atomic E-state index is 0.327. The van der Waals surface area contributed by atoms with Crippen molar-refractivity contribution in [3.63, 3.8) is 0 Å². The first-order chi connectivity index (χ1) is 13.4. The first-order valence-corrected chi connectivity index (χ1v) is 10.1. The maximum Gasteiger partial charge on any atom is 0.308 e. The molecular formula is C19H26N4O4S. The molecule has 1 aliphatic rings. The molecule has 0 saturated carbocycles. The van der Waals surface area contributed by atoms with Gasteiger partial charge in [0.25, 0.3) is 0 Å². The van der Waals surface area contributed by atoms with Crippen LogP contribution in [0.3, 0.4) is 0 Å². The summed E-state index contributed by atoms with van der Waals surface area (Å²) in [6.07, 6.45) is 3.18. The molecule has 2 N–H and O–H groups in total. The van der Waals surface area contributed by atoms with Gasteiger partial charge in [-0.1, -0.05) is 17.7 Å². The van der Waals surface area contributed by atoms with Gasteiger partial charge in [-0.15, -0.1) is 0 Å². The van der Waals surface area contributed by atoms with Crippen LogP contribution in [0.4, 0.5) is 5.69 Å². The standard InChI is InChI=1S/C19H25N3O2.HNO2S/c1-16-2-4-19(5-3-16)24-15-18(23)14-21-10-12-22(13-11-21)17-6-8-20-9-7-17;1-4(2)3/h2-9,18,23H,10-15H2,1H3;1H. The highest BCUT2D eigenvalue weighted by atomic mass is 32.2. The quantitative estimate of drug-likeness (QED) is 0.750. The number of aliphatic hydroxyl groups is 1. The Morgan fingerprint density at radius 2 is 1.68 bits per heavy atom. The van der Waals surface area contributed by atoms with Crippen LogP contribution < -0.4 is 9.64 Å². The molecule has 1 aromatic heterocycles. The molecule has 28 heavy (non-hydrogen) atoms. The number of hydrogen-bond acceptors (Lipinski definition) is 8. The lowest BCUT2D eigenvalue weighted by atomic mass is 10.2. The topological polar surface area (TPSA) is 107 Å². The van der Waals surface area contributed by atoms with Crippen LogP contribution in [0, 0.1) is 11.7 Å². The van der Waals surface area contributed by atoms with Crippen LogP contribution in [-0.2, 0) is 10.5 Å². The first kappa shape index (κ1) is 21.8. The number of aromatic nitrogens is 1. The van der Waals surface area contributed by atoms with Crippen LogP contribution >= 0.6 is 0 Å². The number of rotatable bonds is 6. The average Bonchev–Trinajstić information content (AvgIpc) is 2.68. The van der Waals surface area contributed by atoms with Crippen molar-refractivity contribution in [2.45, 2.75) is 13.0 Å². The highest BCUT2D eigenvalue weighted by Crippen LogP contribution is 2.15. The van der Waals surface area contributed by atoms with Crippen molar-refractivity contribution in [2.24, 2.45) is 0 Å². The summed E-state index contributed by atoms with van der Waals surface area (Å²) in [5, 5.41) is 10.2. The van der Waals surface area contributed by atoms with Crippen LogP contribution in [-0.4, -0.2) is 68.8 Å². The van der Waals surface area contributed by atoms with Crippen molar-refractivity contribution in [3.05, 3.63) is 54.4 Å². The Morgan fingerprint density at radius 1 is 1.11 bits per heavy atom. The molecule has 1 fully saturated rings.